The van der Waals surface area contributed by atoms with Gasteiger partial charge >= 0.3 is 6.03 Å². The first-order valence-corrected chi connectivity index (χ1v) is 11.0. The van der Waals surface area contributed by atoms with E-state index >= 15 is 0 Å². The molecule has 0 bridgehead atoms. The van der Waals surface area contributed by atoms with E-state index in [4.69, 9.17) is 9.15 Å². The van der Waals surface area contributed by atoms with Crippen LogP contribution in [0.4, 0.5) is 16.2 Å². The summed E-state index contributed by atoms with van der Waals surface area (Å²) in [7, 11) is 3.92. The van der Waals surface area contributed by atoms with Crippen LogP contribution in [0.5, 0.6) is 0 Å². The Balaban J connectivity index is 1.84. The van der Waals surface area contributed by atoms with Crippen molar-refractivity contribution in [3.05, 3.63) is 47.9 Å². The number of nitrogens with zero attached hydrogens (tertiary/aromatic N) is 2. The summed E-state index contributed by atoms with van der Waals surface area (Å²) in [5, 5.41) is 5.93. The average Bonchev–Trinajstić information content (AvgIpc) is 3.40. The van der Waals surface area contributed by atoms with Crippen LogP contribution in [0, 0.1) is 0 Å². The summed E-state index contributed by atoms with van der Waals surface area (Å²) in [6.07, 6.45) is 3.45. The molecule has 1 saturated heterocycles. The standard InChI is InChI=1S/C24H34N4O4/c1-24(2,3)26-23(30)28(16-19-8-6-12-31-19)15-17-14-18(10-11-20(17)27(4)5)25-22(29)21-9-7-13-32-21/h7,9-11,13-14,19H,6,8,12,15-16H2,1-5H3,(H,25,29)(H,26,30). The Bertz CT molecular complexity index is 913. The number of benzene rings is 1. The van der Waals surface area contributed by atoms with Gasteiger partial charge in [-0.2, -0.15) is 0 Å². The minimum absolute atomic E-state index is 0.0327. The Kier molecular flexibility index (Phi) is 7.45. The summed E-state index contributed by atoms with van der Waals surface area (Å²) in [6.45, 7) is 7.52. The maximum atomic E-state index is 13.1. The number of amides is 3. The first-order chi connectivity index (χ1) is 15.1. The number of furan rings is 1. The van der Waals surface area contributed by atoms with Crippen molar-refractivity contribution in [2.45, 2.75) is 51.8 Å². The van der Waals surface area contributed by atoms with Crippen molar-refractivity contribution < 1.29 is 18.7 Å². The molecule has 8 heteroatoms. The number of nitrogens with one attached hydrogen (secondary N) is 2. The monoisotopic (exact) mass is 442 g/mol. The Morgan fingerprint density at radius 1 is 1.19 bits per heavy atom. The zero-order chi connectivity index (χ0) is 23.3. The SMILES string of the molecule is CN(C)c1ccc(NC(=O)c2ccco2)cc1CN(CC1CCCO1)C(=O)NC(C)(C)C. The third-order valence-electron chi connectivity index (χ3n) is 5.14. The smallest absolute Gasteiger partial charge is 0.318 e. The largest absolute Gasteiger partial charge is 0.459 e. The molecular formula is C24H34N4O4. The van der Waals surface area contributed by atoms with Crippen molar-refractivity contribution in [1.82, 2.24) is 10.2 Å². The van der Waals surface area contributed by atoms with Crippen molar-refractivity contribution in [3.63, 3.8) is 0 Å². The summed E-state index contributed by atoms with van der Waals surface area (Å²) in [5.74, 6) is -0.0759. The van der Waals surface area contributed by atoms with Gasteiger partial charge in [-0.25, -0.2) is 4.79 Å². The lowest BCUT2D eigenvalue weighted by Crippen LogP contribution is -2.50. The van der Waals surface area contributed by atoms with Gasteiger partial charge in [0.2, 0.25) is 0 Å². The van der Waals surface area contributed by atoms with Crippen molar-refractivity contribution in [3.8, 4) is 0 Å². The van der Waals surface area contributed by atoms with Gasteiger partial charge in [0.15, 0.2) is 5.76 Å². The fourth-order valence-electron chi connectivity index (χ4n) is 3.69. The van der Waals surface area contributed by atoms with Crippen LogP contribution in [0.15, 0.2) is 41.0 Å². The minimum atomic E-state index is -0.352. The number of carbonyl (C=O) groups is 2. The molecule has 2 heterocycles. The van der Waals surface area contributed by atoms with Crippen LogP contribution in [0.2, 0.25) is 0 Å². The van der Waals surface area contributed by atoms with Crippen LogP contribution in [0.1, 0.15) is 49.7 Å². The zero-order valence-corrected chi connectivity index (χ0v) is 19.6. The van der Waals surface area contributed by atoms with E-state index in [2.05, 4.69) is 10.6 Å². The molecule has 1 aromatic carbocycles. The van der Waals surface area contributed by atoms with Gasteiger partial charge in [-0.3, -0.25) is 4.79 Å². The normalized spacial score (nSPS) is 16.0. The van der Waals surface area contributed by atoms with Gasteiger partial charge < -0.3 is 29.6 Å². The summed E-state index contributed by atoms with van der Waals surface area (Å²) < 4.78 is 11.0. The number of rotatable bonds is 7. The third kappa shape index (κ3) is 6.50. The van der Waals surface area contributed by atoms with E-state index in [1.807, 2.05) is 58.0 Å². The molecule has 0 saturated carbocycles. The molecule has 0 spiro atoms. The molecule has 2 N–H and O–H groups in total. The second-order valence-corrected chi connectivity index (χ2v) is 9.37. The summed E-state index contributed by atoms with van der Waals surface area (Å²) in [4.78, 5) is 29.3. The van der Waals surface area contributed by atoms with E-state index in [9.17, 15) is 9.59 Å². The van der Waals surface area contributed by atoms with Crippen molar-refractivity contribution in [2.24, 2.45) is 0 Å². The zero-order valence-electron chi connectivity index (χ0n) is 19.6. The van der Waals surface area contributed by atoms with Gasteiger partial charge in [-0.1, -0.05) is 0 Å². The molecule has 0 radical (unpaired) electrons. The van der Waals surface area contributed by atoms with E-state index in [-0.39, 0.29) is 29.3 Å². The van der Waals surface area contributed by atoms with Crippen molar-refractivity contribution in [1.29, 1.82) is 0 Å². The molecule has 174 valence electrons. The van der Waals surface area contributed by atoms with Gasteiger partial charge in [0, 0.05) is 50.7 Å². The highest BCUT2D eigenvalue weighted by Gasteiger charge is 2.26. The number of anilines is 2. The van der Waals surface area contributed by atoms with E-state index in [0.29, 0.717) is 18.8 Å². The molecule has 1 aliphatic heterocycles. The summed E-state index contributed by atoms with van der Waals surface area (Å²) >= 11 is 0. The minimum Gasteiger partial charge on any atom is -0.459 e. The van der Waals surface area contributed by atoms with Gasteiger partial charge in [-0.05, 0) is 69.5 Å². The highest BCUT2D eigenvalue weighted by Crippen LogP contribution is 2.26. The lowest BCUT2D eigenvalue weighted by atomic mass is 10.1. The Morgan fingerprint density at radius 2 is 1.97 bits per heavy atom. The van der Waals surface area contributed by atoms with Gasteiger partial charge in [-0.15, -0.1) is 0 Å². The topological polar surface area (TPSA) is 87.1 Å². The number of hydrogen-bond acceptors (Lipinski definition) is 5. The molecule has 0 aliphatic carbocycles. The van der Waals surface area contributed by atoms with Crippen molar-refractivity contribution in [2.75, 3.05) is 37.5 Å². The first kappa shape index (κ1) is 23.7. The molecule has 8 nitrogen and oxygen atoms in total. The van der Waals surface area contributed by atoms with Crippen LogP contribution in [0.25, 0.3) is 0 Å². The predicted octanol–water partition coefficient (Wildman–Crippen LogP) is 4.09. The quantitative estimate of drug-likeness (QED) is 0.675. The molecular weight excluding hydrogens is 408 g/mol. The van der Waals surface area contributed by atoms with Gasteiger partial charge in [0.05, 0.1) is 12.4 Å². The third-order valence-corrected chi connectivity index (χ3v) is 5.14. The summed E-state index contributed by atoms with van der Waals surface area (Å²) in [5.41, 5.74) is 2.19. The van der Waals surface area contributed by atoms with Crippen molar-refractivity contribution >= 4 is 23.3 Å². The number of carbonyl (C=O) groups excluding carboxylic acids is 2. The Hall–Kier alpha value is -3.00. The predicted molar refractivity (Wildman–Crippen MR) is 125 cm³/mol. The molecule has 2 aromatic rings. The molecule has 1 aromatic heterocycles. The van der Waals surface area contributed by atoms with Crippen LogP contribution >= 0.6 is 0 Å². The molecule has 32 heavy (non-hydrogen) atoms. The molecule has 1 atom stereocenters. The van der Waals surface area contributed by atoms with E-state index in [1.54, 1.807) is 17.0 Å². The van der Waals surface area contributed by atoms with Crippen LogP contribution in [-0.2, 0) is 11.3 Å². The highest BCUT2D eigenvalue weighted by atomic mass is 16.5. The maximum absolute atomic E-state index is 13.1. The lowest BCUT2D eigenvalue weighted by molar-refractivity contribution is 0.0782. The number of hydrogen-bond donors (Lipinski definition) is 2. The summed E-state index contributed by atoms with van der Waals surface area (Å²) in [6, 6.07) is 8.85. The average molecular weight is 443 g/mol. The molecule has 3 rings (SSSR count). The van der Waals surface area contributed by atoms with E-state index in [1.165, 1.54) is 6.26 Å². The second-order valence-electron chi connectivity index (χ2n) is 9.37. The first-order valence-electron chi connectivity index (χ1n) is 11.0. The second kappa shape index (κ2) is 10.1. The van der Waals surface area contributed by atoms with E-state index < -0.39 is 0 Å². The number of ether oxygens (including phenoxy) is 1. The van der Waals surface area contributed by atoms with Gasteiger partial charge in [0.1, 0.15) is 0 Å². The Labute approximate surface area is 189 Å². The molecule has 1 unspecified atom stereocenters. The lowest BCUT2D eigenvalue weighted by Gasteiger charge is -2.31. The highest BCUT2D eigenvalue weighted by molar-refractivity contribution is 6.02. The molecule has 1 fully saturated rings. The van der Waals surface area contributed by atoms with E-state index in [0.717, 1.165) is 30.7 Å². The maximum Gasteiger partial charge on any atom is 0.318 e. The molecule has 1 aliphatic rings. The number of urea groups is 1. The van der Waals surface area contributed by atoms with Crippen LogP contribution in [0.3, 0.4) is 0 Å². The fraction of sp³-hybridized carbons (Fsp3) is 0.500. The van der Waals surface area contributed by atoms with Gasteiger partial charge in [0.25, 0.3) is 5.91 Å². The van der Waals surface area contributed by atoms with Crippen LogP contribution < -0.4 is 15.5 Å². The molecule has 3 amide bonds. The Morgan fingerprint density at radius 3 is 2.56 bits per heavy atom. The van der Waals surface area contributed by atoms with Crippen LogP contribution in [-0.4, -0.2) is 55.7 Å². The fourth-order valence-corrected chi connectivity index (χ4v) is 3.69.